The summed E-state index contributed by atoms with van der Waals surface area (Å²) in [6.07, 6.45) is 3.11. The van der Waals surface area contributed by atoms with Crippen LogP contribution >= 0.6 is 23.2 Å². The fourth-order valence-corrected chi connectivity index (χ4v) is 4.88. The van der Waals surface area contributed by atoms with Gasteiger partial charge in [-0.2, -0.15) is 0 Å². The highest BCUT2D eigenvalue weighted by Crippen LogP contribution is 2.31. The van der Waals surface area contributed by atoms with Crippen molar-refractivity contribution in [3.8, 4) is 0 Å². The lowest BCUT2D eigenvalue weighted by molar-refractivity contribution is -0.140. The van der Waals surface area contributed by atoms with Crippen LogP contribution in [0.4, 0.5) is 5.69 Å². The third kappa shape index (κ3) is 8.40. The van der Waals surface area contributed by atoms with Gasteiger partial charge in [-0.15, -0.1) is 0 Å². The van der Waals surface area contributed by atoms with E-state index >= 15 is 0 Å². The Balaban J connectivity index is 2.43. The van der Waals surface area contributed by atoms with Crippen molar-refractivity contribution in [1.29, 1.82) is 0 Å². The van der Waals surface area contributed by atoms with Gasteiger partial charge >= 0.3 is 0 Å². The van der Waals surface area contributed by atoms with E-state index in [9.17, 15) is 18.0 Å². The second-order valence-corrected chi connectivity index (χ2v) is 11.2. The molecular weight excluding hydrogens is 509 g/mol. The maximum absolute atomic E-state index is 13.6. The van der Waals surface area contributed by atoms with Gasteiger partial charge in [-0.25, -0.2) is 8.42 Å². The lowest BCUT2D eigenvalue weighted by atomic mass is 10.1. The summed E-state index contributed by atoms with van der Waals surface area (Å²) < 4.78 is 26.3. The fraction of sp³-hybridized carbons (Fsp3) is 0.440. The molecule has 0 spiro atoms. The van der Waals surface area contributed by atoms with Gasteiger partial charge in [-0.3, -0.25) is 13.9 Å². The molecule has 0 aliphatic carbocycles. The molecule has 1 unspecified atom stereocenters. The molecule has 0 heterocycles. The van der Waals surface area contributed by atoms with Crippen LogP contribution in [0.25, 0.3) is 0 Å². The van der Waals surface area contributed by atoms with E-state index in [0.717, 1.165) is 34.5 Å². The van der Waals surface area contributed by atoms with Crippen LogP contribution in [0, 0.1) is 6.92 Å². The van der Waals surface area contributed by atoms with Crippen molar-refractivity contribution in [2.75, 3.05) is 23.7 Å². The van der Waals surface area contributed by atoms with E-state index in [2.05, 4.69) is 5.32 Å². The molecule has 0 radical (unpaired) electrons. The molecule has 0 aliphatic rings. The summed E-state index contributed by atoms with van der Waals surface area (Å²) in [4.78, 5) is 28.1. The van der Waals surface area contributed by atoms with Crippen molar-refractivity contribution < 1.29 is 18.0 Å². The maximum atomic E-state index is 13.6. The maximum Gasteiger partial charge on any atom is 0.244 e. The zero-order valence-electron chi connectivity index (χ0n) is 20.6. The first-order valence-corrected chi connectivity index (χ1v) is 14.1. The van der Waals surface area contributed by atoms with Crippen LogP contribution in [0.2, 0.25) is 10.0 Å². The highest BCUT2D eigenvalue weighted by Gasteiger charge is 2.32. The van der Waals surface area contributed by atoms with Gasteiger partial charge in [0.15, 0.2) is 0 Å². The highest BCUT2D eigenvalue weighted by atomic mass is 35.5. The molecule has 2 amide bonds. The summed E-state index contributed by atoms with van der Waals surface area (Å²) in [7, 11) is -3.89. The number of aryl methyl sites for hydroxylation is 1. The first-order chi connectivity index (χ1) is 16.5. The summed E-state index contributed by atoms with van der Waals surface area (Å²) in [6.45, 7) is 5.94. The van der Waals surface area contributed by atoms with E-state index in [1.807, 2.05) is 45.0 Å². The predicted octanol–water partition coefficient (Wildman–Crippen LogP) is 4.79. The number of halogens is 2. The Hall–Kier alpha value is -2.29. The SMILES string of the molecule is CCCCNC(=O)C(CC)N(Cc1ccc(C)cc1)C(=O)CN(c1cc(Cl)ccc1Cl)S(C)(=O)=O. The minimum absolute atomic E-state index is 0.103. The van der Waals surface area contributed by atoms with Crippen molar-refractivity contribution in [2.24, 2.45) is 0 Å². The monoisotopic (exact) mass is 541 g/mol. The molecule has 2 aromatic rings. The normalized spacial score (nSPS) is 12.2. The molecule has 192 valence electrons. The molecule has 0 fully saturated rings. The first-order valence-electron chi connectivity index (χ1n) is 11.5. The molecule has 0 saturated heterocycles. The lowest BCUT2D eigenvalue weighted by Crippen LogP contribution is -2.52. The second-order valence-electron chi connectivity index (χ2n) is 8.44. The molecule has 0 aromatic heterocycles. The van der Waals surface area contributed by atoms with Gasteiger partial charge in [0.2, 0.25) is 21.8 Å². The number of hydrogen-bond acceptors (Lipinski definition) is 4. The van der Waals surface area contributed by atoms with Crippen LogP contribution in [-0.4, -0.2) is 50.5 Å². The third-order valence-electron chi connectivity index (χ3n) is 5.55. The molecular formula is C25H33Cl2N3O4S. The summed E-state index contributed by atoms with van der Waals surface area (Å²) in [5, 5.41) is 3.32. The molecule has 10 heteroatoms. The Morgan fingerprint density at radius 3 is 2.29 bits per heavy atom. The Kier molecular flexibility index (Phi) is 10.9. The lowest BCUT2D eigenvalue weighted by Gasteiger charge is -2.33. The van der Waals surface area contributed by atoms with Crippen LogP contribution in [0.1, 0.15) is 44.2 Å². The number of carbonyl (C=O) groups excluding carboxylic acids is 2. The summed E-state index contributed by atoms with van der Waals surface area (Å²) >= 11 is 12.3. The molecule has 0 saturated carbocycles. The van der Waals surface area contributed by atoms with Gasteiger partial charge in [0.25, 0.3) is 0 Å². The second kappa shape index (κ2) is 13.1. The minimum Gasteiger partial charge on any atom is -0.354 e. The van der Waals surface area contributed by atoms with Gasteiger partial charge in [-0.1, -0.05) is 73.3 Å². The Morgan fingerprint density at radius 2 is 1.71 bits per heavy atom. The topological polar surface area (TPSA) is 86.8 Å². The molecule has 2 aromatic carbocycles. The van der Waals surface area contributed by atoms with Crippen LogP contribution in [-0.2, 0) is 26.2 Å². The fourth-order valence-electron chi connectivity index (χ4n) is 3.59. The van der Waals surface area contributed by atoms with E-state index in [-0.39, 0.29) is 28.2 Å². The number of anilines is 1. The van der Waals surface area contributed by atoms with E-state index in [1.54, 1.807) is 0 Å². The average Bonchev–Trinajstić information content (AvgIpc) is 2.79. The standard InChI is InChI=1S/C25H33Cl2N3O4S/c1-5-7-14-28-25(32)22(6-2)29(16-19-10-8-18(3)9-11-19)24(31)17-30(35(4,33)34)23-15-20(26)12-13-21(23)27/h8-13,15,22H,5-7,14,16-17H2,1-4H3,(H,28,32). The first kappa shape index (κ1) is 28.9. The number of rotatable bonds is 12. The van der Waals surface area contributed by atoms with E-state index in [1.165, 1.54) is 23.1 Å². The highest BCUT2D eigenvalue weighted by molar-refractivity contribution is 7.92. The molecule has 1 N–H and O–H groups in total. The zero-order valence-corrected chi connectivity index (χ0v) is 22.9. The van der Waals surface area contributed by atoms with Crippen molar-refractivity contribution in [2.45, 2.75) is 52.6 Å². The summed E-state index contributed by atoms with van der Waals surface area (Å²) in [6, 6.07) is 11.3. The molecule has 1 atom stereocenters. The quantitative estimate of drug-likeness (QED) is 0.391. The predicted molar refractivity (Wildman–Crippen MR) is 142 cm³/mol. The van der Waals surface area contributed by atoms with Crippen molar-refractivity contribution >= 4 is 50.7 Å². The van der Waals surface area contributed by atoms with Gasteiger partial charge in [0.1, 0.15) is 12.6 Å². The van der Waals surface area contributed by atoms with Gasteiger partial charge in [0.05, 0.1) is 17.0 Å². The number of nitrogens with zero attached hydrogens (tertiary/aromatic N) is 2. The summed E-state index contributed by atoms with van der Waals surface area (Å²) in [5.74, 6) is -0.794. The smallest absolute Gasteiger partial charge is 0.244 e. The van der Waals surface area contributed by atoms with Gasteiger partial charge < -0.3 is 10.2 Å². The van der Waals surface area contributed by atoms with Crippen LogP contribution < -0.4 is 9.62 Å². The zero-order chi connectivity index (χ0) is 26.2. The van der Waals surface area contributed by atoms with Crippen LogP contribution in [0.5, 0.6) is 0 Å². The number of benzene rings is 2. The summed E-state index contributed by atoms with van der Waals surface area (Å²) in [5.41, 5.74) is 2.00. The number of hydrogen-bond donors (Lipinski definition) is 1. The molecule has 7 nitrogen and oxygen atoms in total. The molecule has 35 heavy (non-hydrogen) atoms. The Morgan fingerprint density at radius 1 is 1.06 bits per heavy atom. The van der Waals surface area contributed by atoms with Crippen molar-refractivity contribution in [3.05, 3.63) is 63.6 Å². The van der Waals surface area contributed by atoms with Gasteiger partial charge in [0, 0.05) is 18.1 Å². The van der Waals surface area contributed by atoms with E-state index < -0.39 is 28.5 Å². The minimum atomic E-state index is -3.89. The number of amides is 2. The largest absolute Gasteiger partial charge is 0.354 e. The molecule has 0 bridgehead atoms. The number of carbonyl (C=O) groups is 2. The van der Waals surface area contributed by atoms with E-state index in [4.69, 9.17) is 23.2 Å². The van der Waals surface area contributed by atoms with Gasteiger partial charge in [-0.05, 0) is 43.5 Å². The molecule has 2 rings (SSSR count). The number of unbranched alkanes of at least 4 members (excludes halogenated alkanes) is 1. The van der Waals surface area contributed by atoms with Crippen molar-refractivity contribution in [1.82, 2.24) is 10.2 Å². The number of sulfonamides is 1. The third-order valence-corrected chi connectivity index (χ3v) is 7.23. The van der Waals surface area contributed by atoms with E-state index in [0.29, 0.717) is 13.0 Å². The molecule has 0 aliphatic heterocycles. The van der Waals surface area contributed by atoms with Crippen molar-refractivity contribution in [3.63, 3.8) is 0 Å². The van der Waals surface area contributed by atoms with Crippen LogP contribution in [0.15, 0.2) is 42.5 Å². The average molecular weight is 543 g/mol. The van der Waals surface area contributed by atoms with Crippen LogP contribution in [0.3, 0.4) is 0 Å². The number of nitrogens with one attached hydrogen (secondary N) is 1. The Bertz CT molecular complexity index is 1120. The Labute approximate surface area is 218 Å².